The largest absolute Gasteiger partial charge is 0.325 e. The zero-order valence-corrected chi connectivity index (χ0v) is 13.1. The third-order valence-corrected chi connectivity index (χ3v) is 4.37. The van der Waals surface area contributed by atoms with Crippen LogP contribution in [0.25, 0.3) is 0 Å². The van der Waals surface area contributed by atoms with Gasteiger partial charge >= 0.3 is 0 Å². The zero-order valence-electron chi connectivity index (χ0n) is 12.4. The molecule has 0 aliphatic rings. The Morgan fingerprint density at radius 1 is 1.25 bits per heavy atom. The van der Waals surface area contributed by atoms with E-state index in [9.17, 15) is 0 Å². The molecule has 1 unspecified atom stereocenters. The van der Waals surface area contributed by atoms with Crippen LogP contribution in [0.4, 0.5) is 0 Å². The van der Waals surface area contributed by atoms with Crippen molar-refractivity contribution in [2.24, 2.45) is 12.8 Å². The van der Waals surface area contributed by atoms with Crippen LogP contribution in [-0.2, 0) is 19.9 Å². The number of nitrogens with zero attached hydrogens (tertiary/aromatic N) is 2. The quantitative estimate of drug-likeness (QED) is 0.919. The molecule has 1 heterocycles. The van der Waals surface area contributed by atoms with Crippen molar-refractivity contribution in [3.63, 3.8) is 0 Å². The highest BCUT2D eigenvalue weighted by atomic mass is 35.5. The number of rotatable bonds is 5. The summed E-state index contributed by atoms with van der Waals surface area (Å²) in [6.07, 6.45) is 2.48. The van der Waals surface area contributed by atoms with Crippen LogP contribution in [-0.4, -0.2) is 15.3 Å². The molecule has 0 amide bonds. The molecule has 4 heteroatoms. The minimum Gasteiger partial charge on any atom is -0.325 e. The maximum absolute atomic E-state index is 6.61. The van der Waals surface area contributed by atoms with Gasteiger partial charge in [-0.15, -0.1) is 0 Å². The maximum Gasteiger partial charge on any atom is 0.130 e. The van der Waals surface area contributed by atoms with Gasteiger partial charge in [-0.25, -0.2) is 0 Å². The number of hydrogen-bond acceptors (Lipinski definition) is 2. The lowest BCUT2D eigenvalue weighted by molar-refractivity contribution is 0.403. The smallest absolute Gasteiger partial charge is 0.130 e. The lowest BCUT2D eigenvalue weighted by atomic mass is 9.83. The molecule has 1 aromatic carbocycles. The summed E-state index contributed by atoms with van der Waals surface area (Å²) in [6.45, 7) is 4.11. The highest BCUT2D eigenvalue weighted by molar-refractivity contribution is 6.30. The average molecular weight is 292 g/mol. The van der Waals surface area contributed by atoms with Crippen LogP contribution in [0.1, 0.15) is 30.2 Å². The molecular weight excluding hydrogens is 270 g/mol. The lowest BCUT2D eigenvalue weighted by Gasteiger charge is -2.28. The van der Waals surface area contributed by atoms with E-state index in [0.29, 0.717) is 5.15 Å². The van der Waals surface area contributed by atoms with Crippen molar-refractivity contribution in [1.29, 1.82) is 0 Å². The molecule has 0 spiro atoms. The zero-order chi connectivity index (χ0) is 14.8. The second-order valence-corrected chi connectivity index (χ2v) is 5.89. The fourth-order valence-electron chi connectivity index (χ4n) is 2.54. The Balaban J connectivity index is 2.23. The number of benzene rings is 1. The predicted molar refractivity (Wildman–Crippen MR) is 84.0 cm³/mol. The van der Waals surface area contributed by atoms with Crippen LogP contribution >= 0.6 is 11.6 Å². The van der Waals surface area contributed by atoms with Crippen LogP contribution in [0.15, 0.2) is 30.3 Å². The Morgan fingerprint density at radius 3 is 2.40 bits per heavy atom. The molecule has 3 nitrogen and oxygen atoms in total. The number of aromatic nitrogens is 2. The fourth-order valence-corrected chi connectivity index (χ4v) is 2.78. The van der Waals surface area contributed by atoms with Crippen LogP contribution in [0, 0.1) is 6.92 Å². The van der Waals surface area contributed by atoms with Crippen LogP contribution in [0.2, 0.25) is 5.15 Å². The molecule has 0 aliphatic heterocycles. The number of hydrogen-bond donors (Lipinski definition) is 1. The van der Waals surface area contributed by atoms with Crippen molar-refractivity contribution in [1.82, 2.24) is 9.78 Å². The van der Waals surface area contributed by atoms with E-state index >= 15 is 0 Å². The molecule has 0 fully saturated rings. The van der Waals surface area contributed by atoms with Crippen molar-refractivity contribution < 1.29 is 0 Å². The third kappa shape index (κ3) is 3.22. The first-order chi connectivity index (χ1) is 9.45. The molecule has 2 N–H and O–H groups in total. The van der Waals surface area contributed by atoms with Gasteiger partial charge in [0, 0.05) is 18.2 Å². The second kappa shape index (κ2) is 5.98. The summed E-state index contributed by atoms with van der Waals surface area (Å²) in [5.74, 6) is 0. The molecule has 20 heavy (non-hydrogen) atoms. The van der Waals surface area contributed by atoms with Crippen LogP contribution in [0.3, 0.4) is 0 Å². The molecule has 1 atom stereocenters. The Hall–Kier alpha value is -1.32. The van der Waals surface area contributed by atoms with E-state index in [1.54, 1.807) is 4.68 Å². The predicted octanol–water partition coefficient (Wildman–Crippen LogP) is 3.27. The van der Waals surface area contributed by atoms with Gasteiger partial charge in [-0.05, 0) is 31.7 Å². The highest BCUT2D eigenvalue weighted by Crippen LogP contribution is 2.26. The van der Waals surface area contributed by atoms with Crippen molar-refractivity contribution >= 4 is 11.6 Å². The monoisotopic (exact) mass is 291 g/mol. The molecule has 0 saturated carbocycles. The molecule has 108 valence electrons. The molecule has 0 bridgehead atoms. The van der Waals surface area contributed by atoms with Gasteiger partial charge in [0.05, 0.1) is 5.69 Å². The SMILES string of the molecule is CCC(N)(Cc1ccccc1)Cc1c(C)nn(C)c1Cl. The van der Waals surface area contributed by atoms with E-state index in [2.05, 4.69) is 24.2 Å². The van der Waals surface area contributed by atoms with E-state index in [4.69, 9.17) is 17.3 Å². The second-order valence-electron chi connectivity index (χ2n) is 5.53. The molecular formula is C16H22ClN3. The first-order valence-electron chi connectivity index (χ1n) is 6.96. The van der Waals surface area contributed by atoms with Gasteiger partial charge in [0.25, 0.3) is 0 Å². The average Bonchev–Trinajstić information content (AvgIpc) is 2.66. The van der Waals surface area contributed by atoms with Gasteiger partial charge in [0.2, 0.25) is 0 Å². The van der Waals surface area contributed by atoms with E-state index in [-0.39, 0.29) is 5.54 Å². The number of halogens is 1. The van der Waals surface area contributed by atoms with Gasteiger partial charge < -0.3 is 5.73 Å². The van der Waals surface area contributed by atoms with Crippen LogP contribution < -0.4 is 5.73 Å². The minimum absolute atomic E-state index is 0.293. The number of aryl methyl sites for hydroxylation is 2. The van der Waals surface area contributed by atoms with Crippen molar-refractivity contribution in [2.45, 2.75) is 38.6 Å². The summed E-state index contributed by atoms with van der Waals surface area (Å²) < 4.78 is 1.71. The van der Waals surface area contributed by atoms with Gasteiger partial charge in [0.15, 0.2) is 0 Å². The fraction of sp³-hybridized carbons (Fsp3) is 0.438. The molecule has 2 aromatic rings. The Bertz CT molecular complexity index is 577. The summed E-state index contributed by atoms with van der Waals surface area (Å²) in [5, 5.41) is 5.06. The van der Waals surface area contributed by atoms with E-state index in [1.165, 1.54) is 5.56 Å². The molecule has 0 aliphatic carbocycles. The maximum atomic E-state index is 6.61. The first kappa shape index (κ1) is 15.1. The molecule has 0 saturated heterocycles. The Kier molecular flexibility index (Phi) is 4.51. The van der Waals surface area contributed by atoms with Crippen molar-refractivity contribution in [3.8, 4) is 0 Å². The molecule has 2 rings (SSSR count). The highest BCUT2D eigenvalue weighted by Gasteiger charge is 2.27. The molecule has 1 aromatic heterocycles. The third-order valence-electron chi connectivity index (χ3n) is 3.90. The van der Waals surface area contributed by atoms with E-state index < -0.39 is 0 Å². The summed E-state index contributed by atoms with van der Waals surface area (Å²) in [4.78, 5) is 0. The number of nitrogens with two attached hydrogens (primary N) is 1. The van der Waals surface area contributed by atoms with E-state index in [1.807, 2.05) is 32.2 Å². The van der Waals surface area contributed by atoms with Crippen molar-refractivity contribution in [3.05, 3.63) is 52.3 Å². The Labute approximate surface area is 125 Å². The summed E-state index contributed by atoms with van der Waals surface area (Å²) in [6, 6.07) is 10.4. The first-order valence-corrected chi connectivity index (χ1v) is 7.34. The van der Waals surface area contributed by atoms with Gasteiger partial charge in [0.1, 0.15) is 5.15 Å². The summed E-state index contributed by atoms with van der Waals surface area (Å²) in [5.41, 5.74) is 9.61. The van der Waals surface area contributed by atoms with Gasteiger partial charge in [-0.3, -0.25) is 4.68 Å². The van der Waals surface area contributed by atoms with E-state index in [0.717, 1.165) is 30.5 Å². The lowest BCUT2D eigenvalue weighted by Crippen LogP contribution is -2.43. The topological polar surface area (TPSA) is 43.8 Å². The van der Waals surface area contributed by atoms with Crippen molar-refractivity contribution in [2.75, 3.05) is 0 Å². The van der Waals surface area contributed by atoms with Gasteiger partial charge in [-0.1, -0.05) is 48.9 Å². The standard InChI is InChI=1S/C16H22ClN3/c1-4-16(18,10-13-8-6-5-7-9-13)11-14-12(2)19-20(3)15(14)17/h5-9H,4,10-11,18H2,1-3H3. The summed E-state index contributed by atoms with van der Waals surface area (Å²) in [7, 11) is 1.86. The molecule has 0 radical (unpaired) electrons. The van der Waals surface area contributed by atoms with Crippen LogP contribution in [0.5, 0.6) is 0 Å². The van der Waals surface area contributed by atoms with Gasteiger partial charge in [-0.2, -0.15) is 5.10 Å². The summed E-state index contributed by atoms with van der Waals surface area (Å²) >= 11 is 6.32. The Morgan fingerprint density at radius 2 is 1.90 bits per heavy atom. The normalized spacial score (nSPS) is 14.2. The minimum atomic E-state index is -0.293.